The van der Waals surface area contributed by atoms with Crippen molar-refractivity contribution in [3.8, 4) is 0 Å². The average molecular weight is 311 g/mol. The molecule has 0 aliphatic rings. The minimum absolute atomic E-state index is 0.113. The van der Waals surface area contributed by atoms with Crippen molar-refractivity contribution in [2.75, 3.05) is 18.1 Å². The minimum atomic E-state index is -3.02. The monoisotopic (exact) mass is 311 g/mol. The van der Waals surface area contributed by atoms with Crippen molar-refractivity contribution in [3.63, 3.8) is 0 Å². The van der Waals surface area contributed by atoms with Gasteiger partial charge >= 0.3 is 0 Å². The van der Waals surface area contributed by atoms with E-state index >= 15 is 0 Å². The van der Waals surface area contributed by atoms with E-state index < -0.39 is 9.84 Å². The van der Waals surface area contributed by atoms with Gasteiger partial charge in [-0.2, -0.15) is 0 Å². The molecule has 1 N–H and O–H groups in total. The van der Waals surface area contributed by atoms with Gasteiger partial charge in [0.15, 0.2) is 9.84 Å². The van der Waals surface area contributed by atoms with Crippen LogP contribution in [0.1, 0.15) is 55.0 Å². The summed E-state index contributed by atoms with van der Waals surface area (Å²) in [5.41, 5.74) is 4.70. The predicted molar refractivity (Wildman–Crippen MR) is 90.6 cm³/mol. The zero-order chi connectivity index (χ0) is 16.0. The number of benzene rings is 1. The molecule has 0 fully saturated rings. The van der Waals surface area contributed by atoms with Crippen molar-refractivity contribution >= 4 is 9.84 Å². The van der Waals surface area contributed by atoms with Crippen LogP contribution in [0, 0.1) is 20.8 Å². The van der Waals surface area contributed by atoms with Crippen molar-refractivity contribution in [1.29, 1.82) is 0 Å². The molecule has 1 aromatic carbocycles. The van der Waals surface area contributed by atoms with Gasteiger partial charge in [-0.15, -0.1) is 0 Å². The van der Waals surface area contributed by atoms with Crippen LogP contribution < -0.4 is 5.32 Å². The first kappa shape index (κ1) is 18.2. The molecule has 0 amide bonds. The van der Waals surface area contributed by atoms with Crippen LogP contribution in [0.5, 0.6) is 0 Å². The summed E-state index contributed by atoms with van der Waals surface area (Å²) < 4.78 is 24.6. The third-order valence-electron chi connectivity index (χ3n) is 3.77. The van der Waals surface area contributed by atoms with Gasteiger partial charge in [0.05, 0.1) is 11.5 Å². The number of hydrogen-bond acceptors (Lipinski definition) is 3. The van der Waals surface area contributed by atoms with Crippen molar-refractivity contribution in [1.82, 2.24) is 5.32 Å². The lowest BCUT2D eigenvalue weighted by Gasteiger charge is -2.23. The van der Waals surface area contributed by atoms with Crippen molar-refractivity contribution in [2.24, 2.45) is 0 Å². The number of aryl methyl sites for hydroxylation is 3. The molecule has 21 heavy (non-hydrogen) atoms. The van der Waals surface area contributed by atoms with Crippen LogP contribution in [0.3, 0.4) is 0 Å². The van der Waals surface area contributed by atoms with E-state index in [1.54, 1.807) is 0 Å². The zero-order valence-electron chi connectivity index (χ0n) is 14.0. The molecule has 0 aliphatic heterocycles. The molecule has 0 spiro atoms. The molecule has 0 aromatic heterocycles. The van der Waals surface area contributed by atoms with E-state index in [0.29, 0.717) is 0 Å². The Kier molecular flexibility index (Phi) is 6.88. The Morgan fingerprint density at radius 2 is 1.67 bits per heavy atom. The van der Waals surface area contributed by atoms with E-state index in [-0.39, 0.29) is 17.5 Å². The Balaban J connectivity index is 3.08. The topological polar surface area (TPSA) is 46.2 Å². The normalized spacial score (nSPS) is 13.4. The SMILES string of the molecule is CCCCS(=O)(=O)CC(NCC)c1c(C)cc(C)cc1C. The highest BCUT2D eigenvalue weighted by molar-refractivity contribution is 7.91. The predicted octanol–water partition coefficient (Wildman–Crippen LogP) is 3.48. The quantitative estimate of drug-likeness (QED) is 0.799. The molecule has 120 valence electrons. The van der Waals surface area contributed by atoms with Crippen LogP contribution in [0.15, 0.2) is 12.1 Å². The smallest absolute Gasteiger partial charge is 0.152 e. The molecule has 1 aromatic rings. The van der Waals surface area contributed by atoms with E-state index in [1.807, 2.05) is 13.8 Å². The highest BCUT2D eigenvalue weighted by atomic mass is 32.2. The maximum Gasteiger partial charge on any atom is 0.152 e. The van der Waals surface area contributed by atoms with Crippen molar-refractivity contribution in [2.45, 2.75) is 53.5 Å². The second kappa shape index (κ2) is 7.95. The van der Waals surface area contributed by atoms with E-state index in [2.05, 4.69) is 38.2 Å². The number of unbranched alkanes of at least 4 members (excludes halogenated alkanes) is 1. The Labute approximate surface area is 130 Å². The fourth-order valence-electron chi connectivity index (χ4n) is 2.93. The third-order valence-corrected chi connectivity index (χ3v) is 5.52. The molecule has 0 bridgehead atoms. The minimum Gasteiger partial charge on any atom is -0.309 e. The van der Waals surface area contributed by atoms with Gasteiger partial charge in [0.1, 0.15) is 0 Å². The highest BCUT2D eigenvalue weighted by Gasteiger charge is 2.22. The second-order valence-electron chi connectivity index (χ2n) is 5.89. The van der Waals surface area contributed by atoms with Gasteiger partial charge in [-0.05, 0) is 50.4 Å². The van der Waals surface area contributed by atoms with Crippen LogP contribution in [0.25, 0.3) is 0 Å². The highest BCUT2D eigenvalue weighted by Crippen LogP contribution is 2.25. The van der Waals surface area contributed by atoms with Crippen LogP contribution in [-0.4, -0.2) is 26.5 Å². The molecule has 0 radical (unpaired) electrons. The number of nitrogens with one attached hydrogen (secondary N) is 1. The first-order valence-corrected chi connectivity index (χ1v) is 9.64. The Hall–Kier alpha value is -0.870. The van der Waals surface area contributed by atoms with Gasteiger partial charge in [-0.3, -0.25) is 0 Å². The standard InChI is InChI=1S/C17H29NO2S/c1-6-8-9-21(19,20)12-16(18-7-2)17-14(4)10-13(3)11-15(17)5/h10-11,16,18H,6-9,12H2,1-5H3. The maximum absolute atomic E-state index is 12.3. The summed E-state index contributed by atoms with van der Waals surface area (Å²) in [5.74, 6) is 0.473. The van der Waals surface area contributed by atoms with Crippen LogP contribution in [0.2, 0.25) is 0 Å². The van der Waals surface area contributed by atoms with Crippen molar-refractivity contribution < 1.29 is 8.42 Å². The zero-order valence-corrected chi connectivity index (χ0v) is 14.8. The molecule has 1 atom stereocenters. The van der Waals surface area contributed by atoms with Crippen LogP contribution in [0.4, 0.5) is 0 Å². The lowest BCUT2D eigenvalue weighted by atomic mass is 9.95. The van der Waals surface area contributed by atoms with Crippen molar-refractivity contribution in [3.05, 3.63) is 34.4 Å². The molecular formula is C17H29NO2S. The molecule has 0 saturated heterocycles. The van der Waals surface area contributed by atoms with Gasteiger partial charge in [0.2, 0.25) is 0 Å². The van der Waals surface area contributed by atoms with Gasteiger partial charge in [-0.25, -0.2) is 8.42 Å². The molecule has 1 rings (SSSR count). The summed E-state index contributed by atoms with van der Waals surface area (Å²) in [6.07, 6.45) is 1.65. The first-order valence-electron chi connectivity index (χ1n) is 7.82. The summed E-state index contributed by atoms with van der Waals surface area (Å²) in [6.45, 7) is 11.0. The molecule has 0 saturated carbocycles. The largest absolute Gasteiger partial charge is 0.309 e. The fourth-order valence-corrected chi connectivity index (χ4v) is 4.62. The number of hydrogen-bond donors (Lipinski definition) is 1. The summed E-state index contributed by atoms with van der Waals surface area (Å²) >= 11 is 0. The maximum atomic E-state index is 12.3. The number of sulfone groups is 1. The molecule has 1 unspecified atom stereocenters. The van der Waals surface area contributed by atoms with E-state index in [1.165, 1.54) is 16.7 Å². The van der Waals surface area contributed by atoms with Gasteiger partial charge < -0.3 is 5.32 Å². The second-order valence-corrected chi connectivity index (χ2v) is 8.12. The lowest BCUT2D eigenvalue weighted by Crippen LogP contribution is -2.30. The Morgan fingerprint density at radius 1 is 1.10 bits per heavy atom. The van der Waals surface area contributed by atoms with E-state index in [9.17, 15) is 8.42 Å². The first-order chi connectivity index (χ1) is 9.80. The van der Waals surface area contributed by atoms with Gasteiger partial charge in [0.25, 0.3) is 0 Å². The lowest BCUT2D eigenvalue weighted by molar-refractivity contribution is 0.554. The molecular weight excluding hydrogens is 282 g/mol. The van der Waals surface area contributed by atoms with Crippen LogP contribution in [-0.2, 0) is 9.84 Å². The molecule has 4 heteroatoms. The molecule has 0 aliphatic carbocycles. The van der Waals surface area contributed by atoms with Gasteiger partial charge in [0, 0.05) is 6.04 Å². The fraction of sp³-hybridized carbons (Fsp3) is 0.647. The summed E-state index contributed by atoms with van der Waals surface area (Å²) in [5, 5.41) is 3.35. The molecule has 3 nitrogen and oxygen atoms in total. The third kappa shape index (κ3) is 5.44. The van der Waals surface area contributed by atoms with E-state index in [0.717, 1.165) is 24.9 Å². The molecule has 0 heterocycles. The number of rotatable bonds is 8. The Morgan fingerprint density at radius 3 is 2.14 bits per heavy atom. The van der Waals surface area contributed by atoms with E-state index in [4.69, 9.17) is 0 Å². The summed E-state index contributed by atoms with van der Waals surface area (Å²) in [7, 11) is -3.02. The average Bonchev–Trinajstić information content (AvgIpc) is 2.35. The summed E-state index contributed by atoms with van der Waals surface area (Å²) in [6, 6.07) is 4.15. The summed E-state index contributed by atoms with van der Waals surface area (Å²) in [4.78, 5) is 0. The van der Waals surface area contributed by atoms with Crippen LogP contribution >= 0.6 is 0 Å². The van der Waals surface area contributed by atoms with Gasteiger partial charge in [-0.1, -0.05) is 38.0 Å². The Bertz CT molecular complexity index is 541.